The molecule has 2 amide bonds. The van der Waals surface area contributed by atoms with Gasteiger partial charge in [0.25, 0.3) is 5.91 Å². The maximum Gasteiger partial charge on any atom is 0.262 e. The lowest BCUT2D eigenvalue weighted by molar-refractivity contribution is -0.120. The number of hydrogen-bond acceptors (Lipinski definition) is 3. The van der Waals surface area contributed by atoms with E-state index in [4.69, 9.17) is 4.74 Å². The van der Waals surface area contributed by atoms with Gasteiger partial charge >= 0.3 is 0 Å². The van der Waals surface area contributed by atoms with Crippen LogP contribution in [0.1, 0.15) is 16.7 Å². The number of ether oxygens (including phenoxy) is 1. The monoisotopic (exact) mass is 310 g/mol. The SMILES string of the molecule is Cc1ccccc1CC(=O)NCc1ccc2c(c1)OCC(=O)N2. The Bertz CT molecular complexity index is 756. The molecule has 5 heteroatoms. The summed E-state index contributed by atoms with van der Waals surface area (Å²) in [6.07, 6.45) is 0.365. The summed E-state index contributed by atoms with van der Waals surface area (Å²) < 4.78 is 5.37. The number of carbonyl (C=O) groups excluding carboxylic acids is 2. The Balaban J connectivity index is 1.59. The summed E-state index contributed by atoms with van der Waals surface area (Å²) >= 11 is 0. The van der Waals surface area contributed by atoms with Crippen LogP contribution in [0.2, 0.25) is 0 Å². The number of anilines is 1. The van der Waals surface area contributed by atoms with Crippen LogP contribution in [-0.4, -0.2) is 18.4 Å². The molecular weight excluding hydrogens is 292 g/mol. The number of fused-ring (bicyclic) bond motifs is 1. The molecule has 1 aliphatic heterocycles. The highest BCUT2D eigenvalue weighted by molar-refractivity contribution is 5.95. The summed E-state index contributed by atoms with van der Waals surface area (Å²) in [5.74, 6) is 0.457. The van der Waals surface area contributed by atoms with Crippen molar-refractivity contribution < 1.29 is 14.3 Å². The molecule has 0 bridgehead atoms. The van der Waals surface area contributed by atoms with E-state index in [2.05, 4.69) is 10.6 Å². The highest BCUT2D eigenvalue weighted by atomic mass is 16.5. The Morgan fingerprint density at radius 1 is 1.26 bits per heavy atom. The van der Waals surface area contributed by atoms with Crippen molar-refractivity contribution in [3.63, 3.8) is 0 Å². The van der Waals surface area contributed by atoms with Crippen LogP contribution in [0.15, 0.2) is 42.5 Å². The van der Waals surface area contributed by atoms with Crippen molar-refractivity contribution >= 4 is 17.5 Å². The van der Waals surface area contributed by atoms with Crippen LogP contribution >= 0.6 is 0 Å². The lowest BCUT2D eigenvalue weighted by Crippen LogP contribution is -2.26. The molecule has 2 aromatic carbocycles. The third-order valence-corrected chi connectivity index (χ3v) is 3.78. The Kier molecular flexibility index (Phi) is 4.28. The van der Waals surface area contributed by atoms with E-state index in [1.165, 1.54) is 0 Å². The molecule has 0 fully saturated rings. The van der Waals surface area contributed by atoms with Crippen molar-refractivity contribution in [3.8, 4) is 5.75 Å². The summed E-state index contributed by atoms with van der Waals surface area (Å²) in [6, 6.07) is 13.3. The Hall–Kier alpha value is -2.82. The van der Waals surface area contributed by atoms with E-state index in [-0.39, 0.29) is 18.4 Å². The van der Waals surface area contributed by atoms with Gasteiger partial charge < -0.3 is 15.4 Å². The van der Waals surface area contributed by atoms with Crippen LogP contribution in [0.3, 0.4) is 0 Å². The molecular formula is C18H18N2O3. The van der Waals surface area contributed by atoms with Gasteiger partial charge in [-0.25, -0.2) is 0 Å². The van der Waals surface area contributed by atoms with E-state index >= 15 is 0 Å². The van der Waals surface area contributed by atoms with Gasteiger partial charge in [0, 0.05) is 6.54 Å². The largest absolute Gasteiger partial charge is 0.482 e. The fourth-order valence-corrected chi connectivity index (χ4v) is 2.47. The zero-order chi connectivity index (χ0) is 16.2. The van der Waals surface area contributed by atoms with Gasteiger partial charge in [0.05, 0.1) is 12.1 Å². The van der Waals surface area contributed by atoms with Crippen molar-refractivity contribution in [2.45, 2.75) is 19.9 Å². The lowest BCUT2D eigenvalue weighted by Gasteiger charge is -2.18. The maximum atomic E-state index is 12.1. The molecule has 0 unspecified atom stereocenters. The fraction of sp³-hybridized carbons (Fsp3) is 0.222. The highest BCUT2D eigenvalue weighted by Crippen LogP contribution is 2.28. The van der Waals surface area contributed by atoms with Crippen LogP contribution in [0.4, 0.5) is 5.69 Å². The smallest absolute Gasteiger partial charge is 0.262 e. The van der Waals surface area contributed by atoms with Crippen molar-refractivity contribution in [3.05, 3.63) is 59.2 Å². The second-order valence-corrected chi connectivity index (χ2v) is 5.55. The molecule has 0 atom stereocenters. The standard InChI is InChI=1S/C18H18N2O3/c1-12-4-2-3-5-14(12)9-17(21)19-10-13-6-7-15-16(8-13)23-11-18(22)20-15/h2-8H,9-11H2,1H3,(H,19,21)(H,20,22). The van der Waals surface area contributed by atoms with Gasteiger partial charge in [-0.05, 0) is 35.7 Å². The minimum Gasteiger partial charge on any atom is -0.482 e. The van der Waals surface area contributed by atoms with Gasteiger partial charge in [0.2, 0.25) is 5.91 Å². The van der Waals surface area contributed by atoms with Gasteiger partial charge in [-0.3, -0.25) is 9.59 Å². The molecule has 2 aromatic rings. The molecule has 1 aliphatic rings. The third kappa shape index (κ3) is 3.69. The van der Waals surface area contributed by atoms with Gasteiger partial charge in [0.15, 0.2) is 6.61 Å². The quantitative estimate of drug-likeness (QED) is 0.909. The number of aryl methyl sites for hydroxylation is 1. The molecule has 0 aliphatic carbocycles. The predicted molar refractivity (Wildman–Crippen MR) is 87.3 cm³/mol. The molecule has 2 N–H and O–H groups in total. The fourth-order valence-electron chi connectivity index (χ4n) is 2.47. The molecule has 118 valence electrons. The van der Waals surface area contributed by atoms with Crippen molar-refractivity contribution in [2.75, 3.05) is 11.9 Å². The lowest BCUT2D eigenvalue weighted by atomic mass is 10.1. The number of benzene rings is 2. The Morgan fingerprint density at radius 2 is 2.09 bits per heavy atom. The zero-order valence-electron chi connectivity index (χ0n) is 12.9. The molecule has 0 spiro atoms. The molecule has 1 heterocycles. The minimum absolute atomic E-state index is 0.0220. The molecule has 0 saturated carbocycles. The van der Waals surface area contributed by atoms with Crippen LogP contribution in [-0.2, 0) is 22.6 Å². The average molecular weight is 310 g/mol. The number of carbonyl (C=O) groups is 2. The van der Waals surface area contributed by atoms with Gasteiger partial charge in [-0.1, -0.05) is 30.3 Å². The van der Waals surface area contributed by atoms with Crippen molar-refractivity contribution in [2.24, 2.45) is 0 Å². The predicted octanol–water partition coefficient (Wildman–Crippen LogP) is 2.18. The van der Waals surface area contributed by atoms with Crippen molar-refractivity contribution in [1.29, 1.82) is 0 Å². The number of rotatable bonds is 4. The number of amides is 2. The normalized spacial score (nSPS) is 12.8. The maximum absolute atomic E-state index is 12.1. The topological polar surface area (TPSA) is 67.4 Å². The second kappa shape index (κ2) is 6.52. The first-order valence-corrected chi connectivity index (χ1v) is 7.48. The number of hydrogen-bond donors (Lipinski definition) is 2. The van der Waals surface area contributed by atoms with Crippen LogP contribution in [0.5, 0.6) is 5.75 Å². The second-order valence-electron chi connectivity index (χ2n) is 5.55. The van der Waals surface area contributed by atoms with E-state index in [9.17, 15) is 9.59 Å². The number of nitrogens with one attached hydrogen (secondary N) is 2. The van der Waals surface area contributed by atoms with E-state index < -0.39 is 0 Å². The van der Waals surface area contributed by atoms with Crippen LogP contribution in [0, 0.1) is 6.92 Å². The summed E-state index contributed by atoms with van der Waals surface area (Å²) in [5.41, 5.74) is 3.73. The Morgan fingerprint density at radius 3 is 2.91 bits per heavy atom. The van der Waals surface area contributed by atoms with E-state index in [1.54, 1.807) is 6.07 Å². The van der Waals surface area contributed by atoms with Crippen LogP contribution in [0.25, 0.3) is 0 Å². The van der Waals surface area contributed by atoms with Gasteiger partial charge in [-0.2, -0.15) is 0 Å². The summed E-state index contributed by atoms with van der Waals surface area (Å²) in [7, 11) is 0. The highest BCUT2D eigenvalue weighted by Gasteiger charge is 2.16. The summed E-state index contributed by atoms with van der Waals surface area (Å²) in [6.45, 7) is 2.45. The third-order valence-electron chi connectivity index (χ3n) is 3.78. The first kappa shape index (κ1) is 15.1. The average Bonchev–Trinajstić information content (AvgIpc) is 2.55. The van der Waals surface area contributed by atoms with Gasteiger partial charge in [0.1, 0.15) is 5.75 Å². The van der Waals surface area contributed by atoms with E-state index in [0.717, 1.165) is 16.7 Å². The molecule has 5 nitrogen and oxygen atoms in total. The molecule has 0 radical (unpaired) electrons. The van der Waals surface area contributed by atoms with E-state index in [1.807, 2.05) is 43.3 Å². The summed E-state index contributed by atoms with van der Waals surface area (Å²) in [4.78, 5) is 23.3. The molecule has 3 rings (SSSR count). The van der Waals surface area contributed by atoms with Gasteiger partial charge in [-0.15, -0.1) is 0 Å². The molecule has 0 aromatic heterocycles. The van der Waals surface area contributed by atoms with Crippen molar-refractivity contribution in [1.82, 2.24) is 5.32 Å². The molecule has 0 saturated heterocycles. The summed E-state index contributed by atoms with van der Waals surface area (Å²) in [5, 5.41) is 5.65. The first-order valence-electron chi connectivity index (χ1n) is 7.48. The van der Waals surface area contributed by atoms with E-state index in [0.29, 0.717) is 24.4 Å². The van der Waals surface area contributed by atoms with Crippen LogP contribution < -0.4 is 15.4 Å². The minimum atomic E-state index is -0.156. The first-order chi connectivity index (χ1) is 11.1. The zero-order valence-corrected chi connectivity index (χ0v) is 12.9. The Labute approximate surface area is 134 Å². The molecule has 23 heavy (non-hydrogen) atoms.